The smallest absolute Gasteiger partial charge is 0.276 e. The Morgan fingerprint density at radius 1 is 1.12 bits per heavy atom. The number of fused-ring (bicyclic) bond motifs is 1. The number of aromatic nitrogens is 3. The summed E-state index contributed by atoms with van der Waals surface area (Å²) in [5.41, 5.74) is 2.41. The van der Waals surface area contributed by atoms with Crippen LogP contribution in [0.3, 0.4) is 0 Å². The molecule has 1 aliphatic heterocycles. The van der Waals surface area contributed by atoms with Crippen LogP contribution in [0.5, 0.6) is 5.75 Å². The van der Waals surface area contributed by atoms with Crippen LogP contribution in [0.15, 0.2) is 54.9 Å². The van der Waals surface area contributed by atoms with Gasteiger partial charge in [0.2, 0.25) is 0 Å². The van der Waals surface area contributed by atoms with Crippen LogP contribution in [0.4, 0.5) is 5.69 Å². The Bertz CT molecular complexity index is 921. The maximum Gasteiger partial charge on any atom is 0.276 e. The Morgan fingerprint density at radius 3 is 2.81 bits per heavy atom. The molecule has 6 heteroatoms. The van der Waals surface area contributed by atoms with Crippen molar-refractivity contribution in [3.05, 3.63) is 66.1 Å². The van der Waals surface area contributed by atoms with Gasteiger partial charge in [-0.1, -0.05) is 12.1 Å². The van der Waals surface area contributed by atoms with E-state index in [1.54, 1.807) is 24.1 Å². The maximum absolute atomic E-state index is 13.2. The third-order valence-corrected chi connectivity index (χ3v) is 4.62. The number of benzene rings is 1. The van der Waals surface area contributed by atoms with Crippen molar-refractivity contribution in [2.45, 2.75) is 19.3 Å². The number of hydrogen-bond acceptors (Lipinski definition) is 4. The van der Waals surface area contributed by atoms with Gasteiger partial charge in [0.25, 0.3) is 5.91 Å². The van der Waals surface area contributed by atoms with E-state index in [0.29, 0.717) is 18.1 Å². The van der Waals surface area contributed by atoms with Gasteiger partial charge in [-0.2, -0.15) is 5.10 Å². The SMILES string of the molecule is COc1cccc2c1CCCCN2C(=O)c1cccc(-n2cccn2)n1. The van der Waals surface area contributed by atoms with E-state index in [4.69, 9.17) is 4.74 Å². The quantitative estimate of drug-likeness (QED) is 0.729. The minimum atomic E-state index is -0.101. The zero-order valence-corrected chi connectivity index (χ0v) is 14.6. The summed E-state index contributed by atoms with van der Waals surface area (Å²) >= 11 is 0. The summed E-state index contributed by atoms with van der Waals surface area (Å²) < 4.78 is 7.15. The molecule has 0 fully saturated rings. The average Bonchev–Trinajstić information content (AvgIpc) is 3.14. The van der Waals surface area contributed by atoms with Crippen LogP contribution in [-0.4, -0.2) is 34.3 Å². The molecule has 0 atom stereocenters. The lowest BCUT2D eigenvalue weighted by molar-refractivity contribution is 0.0982. The first-order chi connectivity index (χ1) is 12.8. The number of rotatable bonds is 3. The number of carbonyl (C=O) groups excluding carboxylic acids is 1. The van der Waals surface area contributed by atoms with E-state index in [0.717, 1.165) is 36.3 Å². The summed E-state index contributed by atoms with van der Waals surface area (Å²) in [6.45, 7) is 0.673. The van der Waals surface area contributed by atoms with Crippen molar-refractivity contribution in [2.24, 2.45) is 0 Å². The highest BCUT2D eigenvalue weighted by Gasteiger charge is 2.25. The van der Waals surface area contributed by atoms with Crippen molar-refractivity contribution < 1.29 is 9.53 Å². The van der Waals surface area contributed by atoms with Crippen molar-refractivity contribution in [1.29, 1.82) is 0 Å². The topological polar surface area (TPSA) is 60.2 Å². The first kappa shape index (κ1) is 16.3. The van der Waals surface area contributed by atoms with Crippen LogP contribution in [0.1, 0.15) is 28.9 Å². The van der Waals surface area contributed by atoms with Gasteiger partial charge in [0, 0.05) is 24.5 Å². The van der Waals surface area contributed by atoms with Crippen molar-refractivity contribution in [3.63, 3.8) is 0 Å². The van der Waals surface area contributed by atoms with E-state index in [1.165, 1.54) is 0 Å². The summed E-state index contributed by atoms with van der Waals surface area (Å²) in [6.07, 6.45) is 6.38. The number of methoxy groups -OCH3 is 1. The molecule has 0 radical (unpaired) electrons. The van der Waals surface area contributed by atoms with Crippen molar-refractivity contribution >= 4 is 11.6 Å². The number of anilines is 1. The molecular weight excluding hydrogens is 328 g/mol. The van der Waals surface area contributed by atoms with Crippen LogP contribution in [-0.2, 0) is 6.42 Å². The lowest BCUT2D eigenvalue weighted by Crippen LogP contribution is -2.32. The molecule has 0 N–H and O–H groups in total. The summed E-state index contributed by atoms with van der Waals surface area (Å²) in [5.74, 6) is 1.36. The molecule has 0 saturated carbocycles. The van der Waals surface area contributed by atoms with Gasteiger partial charge in [0.1, 0.15) is 11.4 Å². The average molecular weight is 348 g/mol. The normalized spacial score (nSPS) is 13.8. The number of amides is 1. The lowest BCUT2D eigenvalue weighted by atomic mass is 10.1. The number of carbonyl (C=O) groups is 1. The molecule has 4 rings (SSSR count). The molecule has 6 nitrogen and oxygen atoms in total. The van der Waals surface area contributed by atoms with Gasteiger partial charge in [0.05, 0.1) is 12.8 Å². The van der Waals surface area contributed by atoms with E-state index >= 15 is 0 Å². The van der Waals surface area contributed by atoms with Gasteiger partial charge in [-0.15, -0.1) is 0 Å². The van der Waals surface area contributed by atoms with Crippen LogP contribution >= 0.6 is 0 Å². The molecule has 3 heterocycles. The first-order valence-electron chi connectivity index (χ1n) is 8.73. The minimum Gasteiger partial charge on any atom is -0.496 e. The second-order valence-electron chi connectivity index (χ2n) is 6.20. The first-order valence-corrected chi connectivity index (χ1v) is 8.73. The number of pyridine rings is 1. The second-order valence-corrected chi connectivity index (χ2v) is 6.20. The lowest BCUT2D eigenvalue weighted by Gasteiger charge is -2.23. The standard InChI is InChI=1S/C20H20N4O2/c1-26-18-10-5-9-17-15(18)7-2-3-13-23(17)20(25)16-8-4-11-19(22-16)24-14-6-12-21-24/h4-6,8-12,14H,2-3,7,13H2,1H3. The van der Waals surface area contributed by atoms with Gasteiger partial charge < -0.3 is 9.64 Å². The molecule has 1 aliphatic rings. The molecule has 3 aromatic rings. The van der Waals surface area contributed by atoms with Crippen LogP contribution in [0.25, 0.3) is 5.82 Å². The molecule has 132 valence electrons. The van der Waals surface area contributed by atoms with E-state index in [-0.39, 0.29) is 5.91 Å². The van der Waals surface area contributed by atoms with Crippen LogP contribution in [0, 0.1) is 0 Å². The van der Waals surface area contributed by atoms with Crippen molar-refractivity contribution in [3.8, 4) is 11.6 Å². The molecule has 1 aromatic carbocycles. The largest absolute Gasteiger partial charge is 0.496 e. The van der Waals surface area contributed by atoms with E-state index < -0.39 is 0 Å². The molecular formula is C20H20N4O2. The summed E-state index contributed by atoms with van der Waals surface area (Å²) in [4.78, 5) is 19.6. The van der Waals surface area contributed by atoms with Gasteiger partial charge in [-0.25, -0.2) is 9.67 Å². The Kier molecular flexibility index (Phi) is 4.39. The Balaban J connectivity index is 1.72. The number of nitrogens with zero attached hydrogens (tertiary/aromatic N) is 4. The molecule has 26 heavy (non-hydrogen) atoms. The highest BCUT2D eigenvalue weighted by molar-refractivity contribution is 6.05. The molecule has 0 spiro atoms. The van der Waals surface area contributed by atoms with E-state index in [1.807, 2.05) is 47.5 Å². The molecule has 1 amide bonds. The second kappa shape index (κ2) is 7.00. The van der Waals surface area contributed by atoms with Gasteiger partial charge >= 0.3 is 0 Å². The fourth-order valence-electron chi connectivity index (χ4n) is 3.37. The van der Waals surface area contributed by atoms with E-state index in [2.05, 4.69) is 10.1 Å². The fraction of sp³-hybridized carbons (Fsp3) is 0.250. The Labute approximate surface area is 152 Å². The van der Waals surface area contributed by atoms with Gasteiger partial charge in [0.15, 0.2) is 5.82 Å². The number of ether oxygens (including phenoxy) is 1. The van der Waals surface area contributed by atoms with Crippen LogP contribution in [0.2, 0.25) is 0 Å². The number of hydrogen-bond donors (Lipinski definition) is 0. The summed E-state index contributed by atoms with van der Waals surface area (Å²) in [5, 5.41) is 4.19. The molecule has 0 unspecified atom stereocenters. The third kappa shape index (κ3) is 2.94. The Morgan fingerprint density at radius 2 is 2.00 bits per heavy atom. The maximum atomic E-state index is 13.2. The third-order valence-electron chi connectivity index (χ3n) is 4.62. The molecule has 0 saturated heterocycles. The van der Waals surface area contributed by atoms with Crippen molar-refractivity contribution in [2.75, 3.05) is 18.6 Å². The predicted octanol–water partition coefficient (Wildman–Crippen LogP) is 3.26. The predicted molar refractivity (Wildman–Crippen MR) is 99.0 cm³/mol. The molecule has 0 aliphatic carbocycles. The van der Waals surface area contributed by atoms with E-state index in [9.17, 15) is 4.79 Å². The van der Waals surface area contributed by atoms with Crippen molar-refractivity contribution in [1.82, 2.24) is 14.8 Å². The molecule has 2 aromatic heterocycles. The van der Waals surface area contributed by atoms with Gasteiger partial charge in [-0.05, 0) is 49.6 Å². The zero-order valence-electron chi connectivity index (χ0n) is 14.6. The molecule has 0 bridgehead atoms. The zero-order chi connectivity index (χ0) is 17.9. The fourth-order valence-corrected chi connectivity index (χ4v) is 3.37. The highest BCUT2D eigenvalue weighted by atomic mass is 16.5. The van der Waals surface area contributed by atoms with Crippen LogP contribution < -0.4 is 9.64 Å². The highest BCUT2D eigenvalue weighted by Crippen LogP contribution is 2.34. The monoisotopic (exact) mass is 348 g/mol. The summed E-state index contributed by atoms with van der Waals surface area (Å²) in [7, 11) is 1.67. The summed E-state index contributed by atoms with van der Waals surface area (Å²) in [6, 6.07) is 13.1. The van der Waals surface area contributed by atoms with Gasteiger partial charge in [-0.3, -0.25) is 4.79 Å². The Hall–Kier alpha value is -3.15. The minimum absolute atomic E-state index is 0.101.